The number of amides is 2. The van der Waals surface area contributed by atoms with E-state index in [4.69, 9.17) is 11.6 Å². The van der Waals surface area contributed by atoms with Gasteiger partial charge in [0.15, 0.2) is 0 Å². The number of hydrogen-bond donors (Lipinski definition) is 1. The van der Waals surface area contributed by atoms with Crippen LogP contribution in [0.2, 0.25) is 5.02 Å². The Morgan fingerprint density at radius 1 is 1.42 bits per heavy atom. The van der Waals surface area contributed by atoms with Crippen LogP contribution in [0.4, 0.5) is 5.82 Å². The zero-order chi connectivity index (χ0) is 13.4. The van der Waals surface area contributed by atoms with Crippen molar-refractivity contribution in [2.75, 3.05) is 11.9 Å². The van der Waals surface area contributed by atoms with E-state index < -0.39 is 0 Å². The maximum absolute atomic E-state index is 12.1. The molecule has 2 heterocycles. The number of anilines is 1. The quantitative estimate of drug-likeness (QED) is 0.916. The van der Waals surface area contributed by atoms with Gasteiger partial charge in [-0.1, -0.05) is 11.6 Å². The van der Waals surface area contributed by atoms with Crippen LogP contribution in [-0.2, 0) is 9.59 Å². The molecule has 19 heavy (non-hydrogen) atoms. The fraction of sp³-hybridized carbons (Fsp3) is 0.462. The van der Waals surface area contributed by atoms with Crippen molar-refractivity contribution in [1.82, 2.24) is 9.88 Å². The van der Waals surface area contributed by atoms with Gasteiger partial charge in [0.25, 0.3) is 0 Å². The molecule has 1 aliphatic heterocycles. The van der Waals surface area contributed by atoms with Gasteiger partial charge < -0.3 is 10.2 Å². The molecule has 1 atom stereocenters. The van der Waals surface area contributed by atoms with E-state index >= 15 is 0 Å². The summed E-state index contributed by atoms with van der Waals surface area (Å²) in [6.45, 7) is 0.531. The van der Waals surface area contributed by atoms with E-state index in [1.54, 1.807) is 12.1 Å². The predicted molar refractivity (Wildman–Crippen MR) is 70.7 cm³/mol. The highest BCUT2D eigenvalue weighted by Gasteiger charge is 2.41. The molecule has 100 valence electrons. The van der Waals surface area contributed by atoms with Gasteiger partial charge in [-0.3, -0.25) is 9.59 Å². The number of carbonyl (C=O) groups is 2. The molecule has 3 rings (SSSR count). The van der Waals surface area contributed by atoms with Gasteiger partial charge in [-0.2, -0.15) is 0 Å². The van der Waals surface area contributed by atoms with Crippen molar-refractivity contribution >= 4 is 29.2 Å². The van der Waals surface area contributed by atoms with Gasteiger partial charge in [-0.05, 0) is 25.0 Å². The third kappa shape index (κ3) is 2.71. The largest absolute Gasteiger partial charge is 0.339 e. The van der Waals surface area contributed by atoms with Crippen molar-refractivity contribution in [2.45, 2.75) is 25.3 Å². The second-order valence-corrected chi connectivity index (χ2v) is 5.47. The Balaban J connectivity index is 1.61. The van der Waals surface area contributed by atoms with Gasteiger partial charge in [0.1, 0.15) is 5.82 Å². The number of pyridine rings is 1. The lowest BCUT2D eigenvalue weighted by Crippen LogP contribution is -2.30. The molecule has 1 unspecified atom stereocenters. The lowest BCUT2D eigenvalue weighted by atomic mass is 10.1. The first-order valence-corrected chi connectivity index (χ1v) is 6.73. The topological polar surface area (TPSA) is 62.3 Å². The summed E-state index contributed by atoms with van der Waals surface area (Å²) in [5.41, 5.74) is 0. The summed E-state index contributed by atoms with van der Waals surface area (Å²) < 4.78 is 0. The van der Waals surface area contributed by atoms with E-state index in [9.17, 15) is 9.59 Å². The summed E-state index contributed by atoms with van der Waals surface area (Å²) in [5.74, 6) is 0.135. The summed E-state index contributed by atoms with van der Waals surface area (Å²) in [4.78, 5) is 29.7. The molecule has 2 amide bonds. The average molecular weight is 280 g/mol. The van der Waals surface area contributed by atoms with Gasteiger partial charge >= 0.3 is 0 Å². The number of rotatable bonds is 3. The Hall–Kier alpha value is -1.62. The van der Waals surface area contributed by atoms with E-state index in [0.29, 0.717) is 29.8 Å². The molecule has 1 aromatic rings. The first kappa shape index (κ1) is 12.4. The van der Waals surface area contributed by atoms with Crippen LogP contribution in [0.1, 0.15) is 19.3 Å². The normalized spacial score (nSPS) is 22.7. The highest BCUT2D eigenvalue weighted by Crippen LogP contribution is 2.32. The molecule has 1 aromatic heterocycles. The molecular weight excluding hydrogens is 266 g/mol. The van der Waals surface area contributed by atoms with Crippen molar-refractivity contribution in [3.63, 3.8) is 0 Å². The molecule has 0 bridgehead atoms. The van der Waals surface area contributed by atoms with Crippen LogP contribution in [0.3, 0.4) is 0 Å². The Morgan fingerprint density at radius 3 is 2.84 bits per heavy atom. The zero-order valence-corrected chi connectivity index (χ0v) is 11.1. The third-order valence-corrected chi connectivity index (χ3v) is 3.72. The summed E-state index contributed by atoms with van der Waals surface area (Å²) in [6, 6.07) is 3.69. The molecule has 6 heteroatoms. The monoisotopic (exact) mass is 279 g/mol. The van der Waals surface area contributed by atoms with E-state index in [1.165, 1.54) is 6.20 Å². The average Bonchev–Trinajstić information content (AvgIpc) is 3.15. The minimum atomic E-state index is -0.273. The number of nitrogens with zero attached hydrogens (tertiary/aromatic N) is 2. The van der Waals surface area contributed by atoms with Gasteiger partial charge in [-0.15, -0.1) is 0 Å². The Labute approximate surface area is 115 Å². The minimum Gasteiger partial charge on any atom is -0.339 e. The van der Waals surface area contributed by atoms with Crippen LogP contribution in [-0.4, -0.2) is 34.3 Å². The SMILES string of the molecule is O=C(Nc1ccc(Cl)cn1)C1CC(=O)N(C2CC2)C1. The summed E-state index contributed by atoms with van der Waals surface area (Å²) in [5, 5.41) is 3.25. The molecule has 0 radical (unpaired) electrons. The fourth-order valence-corrected chi connectivity index (χ4v) is 2.44. The molecule has 5 nitrogen and oxygen atoms in total. The molecule has 0 aromatic carbocycles. The van der Waals surface area contributed by atoms with Crippen molar-refractivity contribution in [1.29, 1.82) is 0 Å². The van der Waals surface area contributed by atoms with Gasteiger partial charge in [-0.25, -0.2) is 4.98 Å². The maximum Gasteiger partial charge on any atom is 0.230 e. The molecule has 1 aliphatic carbocycles. The number of hydrogen-bond acceptors (Lipinski definition) is 3. The highest BCUT2D eigenvalue weighted by atomic mass is 35.5. The van der Waals surface area contributed by atoms with Crippen molar-refractivity contribution < 1.29 is 9.59 Å². The zero-order valence-electron chi connectivity index (χ0n) is 10.3. The Kier molecular flexibility index (Phi) is 3.14. The molecular formula is C13H14ClN3O2. The summed E-state index contributed by atoms with van der Waals surface area (Å²) in [7, 11) is 0. The van der Waals surface area contributed by atoms with Crippen molar-refractivity contribution in [3.05, 3.63) is 23.4 Å². The number of halogens is 1. The fourth-order valence-electron chi connectivity index (χ4n) is 2.32. The van der Waals surface area contributed by atoms with Gasteiger partial charge in [0, 0.05) is 25.2 Å². The number of carbonyl (C=O) groups excluding carboxylic acids is 2. The molecule has 2 aliphatic rings. The Morgan fingerprint density at radius 2 is 2.21 bits per heavy atom. The second-order valence-electron chi connectivity index (χ2n) is 5.03. The van der Waals surface area contributed by atoms with Crippen LogP contribution in [0.25, 0.3) is 0 Å². The summed E-state index contributed by atoms with van der Waals surface area (Å²) >= 11 is 5.73. The molecule has 0 spiro atoms. The maximum atomic E-state index is 12.1. The van der Waals surface area contributed by atoms with Crippen LogP contribution in [0.15, 0.2) is 18.3 Å². The van der Waals surface area contributed by atoms with Crippen LogP contribution >= 0.6 is 11.6 Å². The molecule has 1 saturated heterocycles. The third-order valence-electron chi connectivity index (χ3n) is 3.50. The van der Waals surface area contributed by atoms with E-state index in [2.05, 4.69) is 10.3 Å². The predicted octanol–water partition coefficient (Wildman–Crippen LogP) is 1.68. The summed E-state index contributed by atoms with van der Waals surface area (Å²) in [6.07, 6.45) is 3.92. The van der Waals surface area contributed by atoms with E-state index in [0.717, 1.165) is 12.8 Å². The smallest absolute Gasteiger partial charge is 0.230 e. The number of nitrogens with one attached hydrogen (secondary N) is 1. The number of aromatic nitrogens is 1. The van der Waals surface area contributed by atoms with Crippen LogP contribution in [0, 0.1) is 5.92 Å². The van der Waals surface area contributed by atoms with E-state index in [-0.39, 0.29) is 17.7 Å². The standard InChI is InChI=1S/C13H14ClN3O2/c14-9-1-4-11(15-6-9)16-13(19)8-5-12(18)17(7-8)10-2-3-10/h1,4,6,8,10H,2-3,5,7H2,(H,15,16,19). The highest BCUT2D eigenvalue weighted by molar-refractivity contribution is 6.30. The Bertz CT molecular complexity index is 513. The van der Waals surface area contributed by atoms with Gasteiger partial charge in [0.2, 0.25) is 11.8 Å². The molecule has 1 N–H and O–H groups in total. The van der Waals surface area contributed by atoms with Crippen molar-refractivity contribution in [2.24, 2.45) is 5.92 Å². The molecule has 2 fully saturated rings. The minimum absolute atomic E-state index is 0.0896. The van der Waals surface area contributed by atoms with Gasteiger partial charge in [0.05, 0.1) is 10.9 Å². The number of likely N-dealkylation sites (tertiary alicyclic amines) is 1. The van der Waals surface area contributed by atoms with E-state index in [1.807, 2.05) is 4.90 Å². The first-order chi connectivity index (χ1) is 9.13. The van der Waals surface area contributed by atoms with Crippen molar-refractivity contribution in [3.8, 4) is 0 Å². The molecule has 1 saturated carbocycles. The van der Waals surface area contributed by atoms with Crippen LogP contribution < -0.4 is 5.32 Å². The second kappa shape index (κ2) is 4.81. The van der Waals surface area contributed by atoms with Crippen LogP contribution in [0.5, 0.6) is 0 Å². The lowest BCUT2D eigenvalue weighted by molar-refractivity contribution is -0.128. The first-order valence-electron chi connectivity index (χ1n) is 6.35. The lowest BCUT2D eigenvalue weighted by Gasteiger charge is -2.15.